The highest BCUT2D eigenvalue weighted by atomic mass is 32.1. The van der Waals surface area contributed by atoms with Crippen LogP contribution in [0.4, 0.5) is 5.69 Å². The second kappa shape index (κ2) is 9.08. The van der Waals surface area contributed by atoms with Gasteiger partial charge in [0, 0.05) is 54.7 Å². The maximum Gasteiger partial charge on any atom is 0.140 e. The van der Waals surface area contributed by atoms with E-state index >= 15 is 0 Å². The van der Waals surface area contributed by atoms with E-state index < -0.39 is 0 Å². The van der Waals surface area contributed by atoms with Gasteiger partial charge in [-0.2, -0.15) is 0 Å². The molecule has 31 heavy (non-hydrogen) atoms. The van der Waals surface area contributed by atoms with Gasteiger partial charge in [0.25, 0.3) is 0 Å². The van der Waals surface area contributed by atoms with Crippen molar-refractivity contribution in [3.05, 3.63) is 88.4 Å². The van der Waals surface area contributed by atoms with E-state index in [1.165, 1.54) is 26.9 Å². The van der Waals surface area contributed by atoms with Gasteiger partial charge in [0.15, 0.2) is 0 Å². The molecule has 5 heteroatoms. The van der Waals surface area contributed by atoms with Crippen LogP contribution in [-0.2, 0) is 13.0 Å². The standard InChI is InChI=1S/C26H27N3OS/c1-28-12-14-29(15-13-28)25-9-5-8-21-10-11-22(17-24(21)25)30-19-26-27-18-23(31-26)16-20-6-3-2-4-7-20/h2-11,17-18H,12-16,19H2,1H3. The maximum atomic E-state index is 6.14. The summed E-state index contributed by atoms with van der Waals surface area (Å²) in [6, 6.07) is 23.5. The first-order valence-corrected chi connectivity index (χ1v) is 11.6. The lowest BCUT2D eigenvalue weighted by Gasteiger charge is -2.34. The smallest absolute Gasteiger partial charge is 0.140 e. The summed E-state index contributed by atoms with van der Waals surface area (Å²) in [5.74, 6) is 0.897. The van der Waals surface area contributed by atoms with E-state index in [0.29, 0.717) is 6.61 Å². The quantitative estimate of drug-likeness (QED) is 0.420. The molecule has 0 N–H and O–H groups in total. The molecule has 0 unspecified atom stereocenters. The molecule has 4 aromatic rings. The summed E-state index contributed by atoms with van der Waals surface area (Å²) in [6.07, 6.45) is 2.89. The molecule has 1 aliphatic heterocycles. The molecule has 3 aromatic carbocycles. The van der Waals surface area contributed by atoms with Crippen LogP contribution in [0.15, 0.2) is 72.9 Å². The SMILES string of the molecule is CN1CCN(c2cccc3ccc(OCc4ncc(Cc5ccccc5)s4)cc23)CC1. The van der Waals surface area contributed by atoms with Crippen LogP contribution in [-0.4, -0.2) is 43.1 Å². The van der Waals surface area contributed by atoms with Crippen molar-refractivity contribution in [2.45, 2.75) is 13.0 Å². The van der Waals surface area contributed by atoms with E-state index in [4.69, 9.17) is 4.74 Å². The highest BCUT2D eigenvalue weighted by molar-refractivity contribution is 7.11. The van der Waals surface area contributed by atoms with Crippen molar-refractivity contribution in [1.29, 1.82) is 0 Å². The minimum atomic E-state index is 0.502. The normalized spacial score (nSPS) is 14.8. The van der Waals surface area contributed by atoms with E-state index in [1.54, 1.807) is 11.3 Å². The van der Waals surface area contributed by atoms with Gasteiger partial charge in [-0.3, -0.25) is 0 Å². The van der Waals surface area contributed by atoms with Crippen molar-refractivity contribution in [1.82, 2.24) is 9.88 Å². The van der Waals surface area contributed by atoms with E-state index in [2.05, 4.69) is 82.5 Å². The molecule has 158 valence electrons. The number of benzene rings is 3. The van der Waals surface area contributed by atoms with Gasteiger partial charge in [0.05, 0.1) is 0 Å². The Morgan fingerprint density at radius 3 is 2.61 bits per heavy atom. The number of anilines is 1. The number of hydrogen-bond acceptors (Lipinski definition) is 5. The number of fused-ring (bicyclic) bond motifs is 1. The fraction of sp³-hybridized carbons (Fsp3) is 0.269. The number of piperazine rings is 1. The molecular formula is C26H27N3OS. The molecule has 0 amide bonds. The monoisotopic (exact) mass is 429 g/mol. The van der Waals surface area contributed by atoms with E-state index in [9.17, 15) is 0 Å². The number of likely N-dealkylation sites (N-methyl/N-ethyl adjacent to an activating group) is 1. The van der Waals surface area contributed by atoms with Crippen molar-refractivity contribution in [2.75, 3.05) is 38.1 Å². The Kier molecular flexibility index (Phi) is 5.87. The predicted octanol–water partition coefficient (Wildman–Crippen LogP) is 5.22. The molecule has 0 radical (unpaired) electrons. The van der Waals surface area contributed by atoms with Gasteiger partial charge in [-0.05, 0) is 36.2 Å². The van der Waals surface area contributed by atoms with Crippen LogP contribution in [0.25, 0.3) is 10.8 Å². The molecule has 0 saturated carbocycles. The average Bonchev–Trinajstić information content (AvgIpc) is 3.26. The number of nitrogens with zero attached hydrogens (tertiary/aromatic N) is 3. The molecule has 1 fully saturated rings. The number of hydrogen-bond donors (Lipinski definition) is 0. The lowest BCUT2D eigenvalue weighted by atomic mass is 10.1. The highest BCUT2D eigenvalue weighted by Crippen LogP contribution is 2.31. The Hall–Kier alpha value is -2.89. The summed E-state index contributed by atoms with van der Waals surface area (Å²) >= 11 is 1.73. The second-order valence-corrected chi connectivity index (χ2v) is 9.32. The summed E-state index contributed by atoms with van der Waals surface area (Å²) in [5.41, 5.74) is 2.61. The fourth-order valence-electron chi connectivity index (χ4n) is 4.09. The van der Waals surface area contributed by atoms with Crippen LogP contribution in [0.1, 0.15) is 15.4 Å². The molecule has 4 nitrogen and oxygen atoms in total. The molecule has 1 saturated heterocycles. The Labute approximate surface area is 187 Å². The molecule has 5 rings (SSSR count). The molecule has 1 aliphatic rings. The zero-order valence-corrected chi connectivity index (χ0v) is 18.6. The lowest BCUT2D eigenvalue weighted by Crippen LogP contribution is -2.44. The van der Waals surface area contributed by atoms with E-state index in [-0.39, 0.29) is 0 Å². The van der Waals surface area contributed by atoms with Crippen LogP contribution in [0, 0.1) is 0 Å². The second-order valence-electron chi connectivity index (χ2n) is 8.12. The third kappa shape index (κ3) is 4.73. The summed E-state index contributed by atoms with van der Waals surface area (Å²) in [5, 5.41) is 3.52. The summed E-state index contributed by atoms with van der Waals surface area (Å²) in [6.45, 7) is 4.82. The van der Waals surface area contributed by atoms with Gasteiger partial charge in [0.2, 0.25) is 0 Å². The molecule has 0 aliphatic carbocycles. The van der Waals surface area contributed by atoms with Gasteiger partial charge in [-0.15, -0.1) is 11.3 Å². The van der Waals surface area contributed by atoms with Crippen LogP contribution >= 0.6 is 11.3 Å². The Balaban J connectivity index is 1.29. The van der Waals surface area contributed by atoms with Crippen molar-refractivity contribution in [3.8, 4) is 5.75 Å². The van der Waals surface area contributed by atoms with Crippen LogP contribution in [0.5, 0.6) is 5.75 Å². The van der Waals surface area contributed by atoms with Crippen LogP contribution in [0.2, 0.25) is 0 Å². The minimum Gasteiger partial charge on any atom is -0.486 e. The third-order valence-corrected chi connectivity index (χ3v) is 6.83. The maximum absolute atomic E-state index is 6.14. The largest absolute Gasteiger partial charge is 0.486 e. The molecule has 0 atom stereocenters. The number of thiazole rings is 1. The van der Waals surface area contributed by atoms with Gasteiger partial charge in [0.1, 0.15) is 17.4 Å². The first-order valence-electron chi connectivity index (χ1n) is 10.8. The van der Waals surface area contributed by atoms with Crippen molar-refractivity contribution in [3.63, 3.8) is 0 Å². The highest BCUT2D eigenvalue weighted by Gasteiger charge is 2.16. The third-order valence-electron chi connectivity index (χ3n) is 5.86. The van der Waals surface area contributed by atoms with Gasteiger partial charge in [-0.1, -0.05) is 48.5 Å². The van der Waals surface area contributed by atoms with Gasteiger partial charge < -0.3 is 14.5 Å². The van der Waals surface area contributed by atoms with Crippen molar-refractivity contribution >= 4 is 27.8 Å². The van der Waals surface area contributed by atoms with Crippen molar-refractivity contribution < 1.29 is 4.74 Å². The average molecular weight is 430 g/mol. The number of ether oxygens (including phenoxy) is 1. The predicted molar refractivity (Wildman–Crippen MR) is 129 cm³/mol. The summed E-state index contributed by atoms with van der Waals surface area (Å²) in [7, 11) is 2.19. The zero-order valence-electron chi connectivity index (χ0n) is 17.8. The molecule has 1 aromatic heterocycles. The van der Waals surface area contributed by atoms with Crippen LogP contribution < -0.4 is 9.64 Å². The zero-order chi connectivity index (χ0) is 21.0. The van der Waals surface area contributed by atoms with E-state index in [1.807, 2.05) is 12.3 Å². The fourth-order valence-corrected chi connectivity index (χ4v) is 4.96. The van der Waals surface area contributed by atoms with Gasteiger partial charge in [-0.25, -0.2) is 4.98 Å². The van der Waals surface area contributed by atoms with Crippen LogP contribution in [0.3, 0.4) is 0 Å². The number of aromatic nitrogens is 1. The molecule has 0 bridgehead atoms. The first kappa shape index (κ1) is 20.0. The number of rotatable bonds is 6. The Bertz CT molecular complexity index is 1150. The molecule has 0 spiro atoms. The topological polar surface area (TPSA) is 28.6 Å². The van der Waals surface area contributed by atoms with E-state index in [0.717, 1.165) is 43.4 Å². The van der Waals surface area contributed by atoms with Gasteiger partial charge >= 0.3 is 0 Å². The Morgan fingerprint density at radius 1 is 0.935 bits per heavy atom. The Morgan fingerprint density at radius 2 is 1.77 bits per heavy atom. The lowest BCUT2D eigenvalue weighted by molar-refractivity contribution is 0.306. The summed E-state index contributed by atoms with van der Waals surface area (Å²) in [4.78, 5) is 10.7. The van der Waals surface area contributed by atoms with Crippen molar-refractivity contribution in [2.24, 2.45) is 0 Å². The molecule has 2 heterocycles. The summed E-state index contributed by atoms with van der Waals surface area (Å²) < 4.78 is 6.14. The minimum absolute atomic E-state index is 0.502. The molecular weight excluding hydrogens is 402 g/mol. The first-order chi connectivity index (χ1) is 15.2.